The third-order valence-corrected chi connectivity index (χ3v) is 9.23. The lowest BCUT2D eigenvalue weighted by molar-refractivity contribution is -0.137. The SMILES string of the molecule is CN(Cc1cc(F)cc(C(F)(F)F)c1)C1CN(C(=O)N2CCN(S(C)(=O)=O)CC2)C[C@@H]1c1ccc(Cl)c(Cl)c1. The number of likely N-dealkylation sites (tertiary alicyclic amines) is 1. The van der Waals surface area contributed by atoms with E-state index in [1.165, 1.54) is 4.31 Å². The molecule has 2 fully saturated rings. The van der Waals surface area contributed by atoms with Crippen LogP contribution in [0.15, 0.2) is 36.4 Å². The molecule has 214 valence electrons. The highest BCUT2D eigenvalue weighted by Gasteiger charge is 2.41. The Hall–Kier alpha value is -2.12. The molecule has 0 aliphatic carbocycles. The summed E-state index contributed by atoms with van der Waals surface area (Å²) in [5.41, 5.74) is -0.114. The van der Waals surface area contributed by atoms with Crippen LogP contribution in [-0.4, -0.2) is 92.1 Å². The summed E-state index contributed by atoms with van der Waals surface area (Å²) in [6.45, 7) is 1.44. The van der Waals surface area contributed by atoms with Crippen LogP contribution in [0.2, 0.25) is 10.0 Å². The van der Waals surface area contributed by atoms with Crippen LogP contribution in [0.4, 0.5) is 22.4 Å². The molecule has 7 nitrogen and oxygen atoms in total. The Morgan fingerprint density at radius 3 is 2.26 bits per heavy atom. The van der Waals surface area contributed by atoms with Crippen molar-refractivity contribution in [3.63, 3.8) is 0 Å². The van der Waals surface area contributed by atoms with Crippen LogP contribution in [0.3, 0.4) is 0 Å². The Morgan fingerprint density at radius 1 is 1.00 bits per heavy atom. The number of alkyl halides is 3. The molecule has 2 aromatic rings. The van der Waals surface area contributed by atoms with E-state index >= 15 is 0 Å². The Morgan fingerprint density at radius 2 is 1.67 bits per heavy atom. The minimum atomic E-state index is -4.68. The van der Waals surface area contributed by atoms with Gasteiger partial charge < -0.3 is 9.80 Å². The largest absolute Gasteiger partial charge is 0.416 e. The van der Waals surface area contributed by atoms with Gasteiger partial charge in [0, 0.05) is 57.8 Å². The first-order chi connectivity index (χ1) is 18.1. The number of nitrogens with zero attached hydrogens (tertiary/aromatic N) is 4. The van der Waals surface area contributed by atoms with E-state index in [-0.39, 0.29) is 62.8 Å². The molecule has 2 atom stereocenters. The van der Waals surface area contributed by atoms with Gasteiger partial charge in [-0.3, -0.25) is 4.90 Å². The van der Waals surface area contributed by atoms with Gasteiger partial charge in [0.15, 0.2) is 0 Å². The van der Waals surface area contributed by atoms with Crippen LogP contribution in [0.5, 0.6) is 0 Å². The number of hydrogen-bond acceptors (Lipinski definition) is 4. The quantitative estimate of drug-likeness (QED) is 0.459. The molecule has 0 spiro atoms. The van der Waals surface area contributed by atoms with Crippen LogP contribution in [-0.2, 0) is 22.7 Å². The molecule has 2 heterocycles. The van der Waals surface area contributed by atoms with E-state index in [2.05, 4.69) is 0 Å². The van der Waals surface area contributed by atoms with Crippen molar-refractivity contribution in [2.75, 3.05) is 52.6 Å². The van der Waals surface area contributed by atoms with Gasteiger partial charge in [-0.15, -0.1) is 0 Å². The molecule has 0 N–H and O–H groups in total. The Kier molecular flexibility index (Phi) is 8.73. The topological polar surface area (TPSA) is 64.2 Å². The van der Waals surface area contributed by atoms with Crippen molar-refractivity contribution in [1.82, 2.24) is 19.0 Å². The number of amides is 2. The van der Waals surface area contributed by atoms with Gasteiger partial charge in [-0.05, 0) is 48.5 Å². The molecule has 1 unspecified atom stereocenters. The van der Waals surface area contributed by atoms with Crippen molar-refractivity contribution in [3.8, 4) is 0 Å². The van der Waals surface area contributed by atoms with Crippen molar-refractivity contribution in [3.05, 3.63) is 69.0 Å². The number of benzene rings is 2. The minimum Gasteiger partial charge on any atom is -0.322 e. The summed E-state index contributed by atoms with van der Waals surface area (Å²) in [7, 11) is -1.64. The van der Waals surface area contributed by atoms with E-state index in [0.717, 1.165) is 24.0 Å². The van der Waals surface area contributed by atoms with E-state index in [4.69, 9.17) is 23.2 Å². The summed E-state index contributed by atoms with van der Waals surface area (Å²) in [6, 6.07) is 7.01. The van der Waals surface area contributed by atoms with Crippen molar-refractivity contribution < 1.29 is 30.8 Å². The summed E-state index contributed by atoms with van der Waals surface area (Å²) in [5, 5.41) is 0.691. The first-order valence-electron chi connectivity index (χ1n) is 12.1. The number of rotatable bonds is 5. The lowest BCUT2D eigenvalue weighted by Gasteiger charge is -2.35. The number of likely N-dealkylation sites (N-methyl/N-ethyl adjacent to an activating group) is 1. The first kappa shape index (κ1) is 29.9. The molecule has 2 aliphatic heterocycles. The smallest absolute Gasteiger partial charge is 0.322 e. The van der Waals surface area contributed by atoms with Gasteiger partial charge in [-0.25, -0.2) is 17.6 Å². The molecule has 14 heteroatoms. The fourth-order valence-corrected chi connectivity index (χ4v) is 6.31. The molecular weight excluding hydrogens is 583 g/mol. The lowest BCUT2D eigenvalue weighted by atomic mass is 9.93. The highest BCUT2D eigenvalue weighted by Crippen LogP contribution is 2.36. The number of piperazine rings is 1. The Bertz CT molecular complexity index is 1340. The maximum absolute atomic E-state index is 14.0. The summed E-state index contributed by atoms with van der Waals surface area (Å²) in [6.07, 6.45) is -3.56. The zero-order valence-electron chi connectivity index (χ0n) is 21.3. The van der Waals surface area contributed by atoms with Gasteiger partial charge in [-0.1, -0.05) is 29.3 Å². The second kappa shape index (κ2) is 11.4. The fraction of sp³-hybridized carbons (Fsp3) is 0.480. The molecule has 0 saturated carbocycles. The van der Waals surface area contributed by atoms with Crippen LogP contribution < -0.4 is 0 Å². The van der Waals surface area contributed by atoms with Crippen molar-refractivity contribution in [2.45, 2.75) is 24.7 Å². The standard InChI is InChI=1S/C25H28Cl2F4N4O3S/c1-32(13-16-9-18(25(29,30)31)12-19(28)10-16)23-15-34(14-20(23)17-3-4-21(26)22(27)11-17)24(36)33-5-7-35(8-6-33)39(2,37)38/h3-4,9-12,20,23H,5-8,13-15H2,1-2H3/t20-,23?/m1/s1. The molecule has 2 saturated heterocycles. The monoisotopic (exact) mass is 610 g/mol. The molecule has 0 radical (unpaired) electrons. The van der Waals surface area contributed by atoms with Crippen LogP contribution in [0.25, 0.3) is 0 Å². The molecule has 0 aromatic heterocycles. The van der Waals surface area contributed by atoms with Crippen LogP contribution in [0, 0.1) is 5.82 Å². The predicted octanol–water partition coefficient (Wildman–Crippen LogP) is 4.75. The van der Waals surface area contributed by atoms with Crippen molar-refractivity contribution in [2.24, 2.45) is 0 Å². The summed E-state index contributed by atoms with van der Waals surface area (Å²) < 4.78 is 78.8. The molecule has 2 aliphatic rings. The van der Waals surface area contributed by atoms with Gasteiger partial charge >= 0.3 is 12.2 Å². The Labute approximate surface area is 234 Å². The van der Waals surface area contributed by atoms with E-state index in [1.54, 1.807) is 39.9 Å². The predicted molar refractivity (Wildman–Crippen MR) is 141 cm³/mol. The highest BCUT2D eigenvalue weighted by molar-refractivity contribution is 7.88. The average Bonchev–Trinajstić information content (AvgIpc) is 3.30. The number of urea groups is 1. The van der Waals surface area contributed by atoms with Crippen molar-refractivity contribution >= 4 is 39.3 Å². The summed E-state index contributed by atoms with van der Waals surface area (Å²) in [5.74, 6) is -1.24. The number of carbonyl (C=O) groups is 1. The number of hydrogen-bond donors (Lipinski definition) is 0. The number of sulfonamides is 1. The second-order valence-corrected chi connectivity index (χ2v) is 12.7. The zero-order chi connectivity index (χ0) is 28.7. The van der Waals surface area contributed by atoms with Gasteiger partial charge in [0.05, 0.1) is 21.9 Å². The molecular formula is C25H28Cl2F4N4O3S. The molecule has 4 rings (SSSR count). The number of halogens is 6. The van der Waals surface area contributed by atoms with Crippen molar-refractivity contribution in [1.29, 1.82) is 0 Å². The maximum Gasteiger partial charge on any atom is 0.416 e. The number of carbonyl (C=O) groups excluding carboxylic acids is 1. The van der Waals surface area contributed by atoms with Gasteiger partial charge in [0.25, 0.3) is 0 Å². The van der Waals surface area contributed by atoms with Gasteiger partial charge in [-0.2, -0.15) is 17.5 Å². The zero-order valence-corrected chi connectivity index (χ0v) is 23.6. The molecule has 39 heavy (non-hydrogen) atoms. The van der Waals surface area contributed by atoms with E-state index in [0.29, 0.717) is 22.7 Å². The van der Waals surface area contributed by atoms with Gasteiger partial charge in [0.1, 0.15) is 5.82 Å². The maximum atomic E-state index is 14.0. The van der Waals surface area contributed by atoms with E-state index in [1.807, 2.05) is 0 Å². The fourth-order valence-electron chi connectivity index (χ4n) is 5.18. The van der Waals surface area contributed by atoms with Crippen LogP contribution >= 0.6 is 23.2 Å². The molecule has 0 bridgehead atoms. The average molecular weight is 611 g/mol. The normalized spacial score (nSPS) is 21.2. The third kappa shape index (κ3) is 6.97. The van der Waals surface area contributed by atoms with Crippen LogP contribution in [0.1, 0.15) is 22.6 Å². The summed E-state index contributed by atoms with van der Waals surface area (Å²) >= 11 is 12.4. The minimum absolute atomic E-state index is 0.0123. The first-order valence-corrected chi connectivity index (χ1v) is 14.7. The summed E-state index contributed by atoms with van der Waals surface area (Å²) in [4.78, 5) is 18.5. The van der Waals surface area contributed by atoms with E-state index in [9.17, 15) is 30.8 Å². The lowest BCUT2D eigenvalue weighted by Crippen LogP contribution is -2.53. The third-order valence-electron chi connectivity index (χ3n) is 7.19. The second-order valence-electron chi connectivity index (χ2n) is 9.95. The van der Waals surface area contributed by atoms with E-state index < -0.39 is 27.6 Å². The highest BCUT2D eigenvalue weighted by atomic mass is 35.5. The molecule has 2 aromatic carbocycles. The molecule has 2 amide bonds. The Balaban J connectivity index is 1.56. The van der Waals surface area contributed by atoms with Gasteiger partial charge in [0.2, 0.25) is 10.0 Å².